The lowest BCUT2D eigenvalue weighted by Crippen LogP contribution is -2.35. The van der Waals surface area contributed by atoms with Crippen LogP contribution in [-0.2, 0) is 27.8 Å². The summed E-state index contributed by atoms with van der Waals surface area (Å²) in [6, 6.07) is 0. The van der Waals surface area contributed by atoms with Gasteiger partial charge < -0.3 is 9.64 Å². The molecule has 0 aliphatic heterocycles. The number of aromatic nitrogens is 4. The maximum absolute atomic E-state index is 12.2. The van der Waals surface area contributed by atoms with Crippen molar-refractivity contribution in [3.05, 3.63) is 5.82 Å². The van der Waals surface area contributed by atoms with E-state index in [1.165, 1.54) is 4.68 Å². The van der Waals surface area contributed by atoms with Crippen molar-refractivity contribution in [3.63, 3.8) is 0 Å². The zero-order chi connectivity index (χ0) is 15.0. The molecule has 8 heteroatoms. The number of esters is 1. The molecule has 112 valence electrons. The number of hydrogen-bond acceptors (Lipinski definition) is 6. The summed E-state index contributed by atoms with van der Waals surface area (Å²) in [5.41, 5.74) is 0. The second-order valence-electron chi connectivity index (χ2n) is 4.33. The normalized spacial score (nSPS) is 10.3. The van der Waals surface area contributed by atoms with Crippen molar-refractivity contribution >= 4 is 11.9 Å². The van der Waals surface area contributed by atoms with Crippen LogP contribution < -0.4 is 0 Å². The number of hydrogen-bond donors (Lipinski definition) is 0. The fourth-order valence-corrected chi connectivity index (χ4v) is 1.74. The van der Waals surface area contributed by atoms with Gasteiger partial charge in [-0.2, -0.15) is 0 Å². The summed E-state index contributed by atoms with van der Waals surface area (Å²) < 4.78 is 6.33. The molecule has 0 radical (unpaired) electrons. The van der Waals surface area contributed by atoms with Gasteiger partial charge in [0.15, 0.2) is 5.82 Å². The zero-order valence-corrected chi connectivity index (χ0v) is 12.2. The van der Waals surface area contributed by atoms with Gasteiger partial charge in [-0.1, -0.05) is 6.92 Å². The standard InChI is InChI=1S/C12H21N5O3/c1-4-7-17(8-6-12(19)20-5-2)11(18)9-10-13-14-15-16(10)3/h4-9H2,1-3H3. The van der Waals surface area contributed by atoms with Crippen LogP contribution in [0.2, 0.25) is 0 Å². The van der Waals surface area contributed by atoms with Crippen molar-refractivity contribution in [3.8, 4) is 0 Å². The molecule has 0 unspecified atom stereocenters. The van der Waals surface area contributed by atoms with Crippen molar-refractivity contribution in [2.75, 3.05) is 19.7 Å². The first-order valence-corrected chi connectivity index (χ1v) is 6.73. The van der Waals surface area contributed by atoms with Gasteiger partial charge in [-0.3, -0.25) is 9.59 Å². The number of aryl methyl sites for hydroxylation is 1. The maximum Gasteiger partial charge on any atom is 0.307 e. The number of nitrogens with zero attached hydrogens (tertiary/aromatic N) is 5. The summed E-state index contributed by atoms with van der Waals surface area (Å²) in [5.74, 6) is 0.128. The predicted octanol–water partition coefficient (Wildman–Crippen LogP) is -0.0556. The third kappa shape index (κ3) is 4.94. The van der Waals surface area contributed by atoms with Crippen molar-refractivity contribution < 1.29 is 14.3 Å². The number of carbonyl (C=O) groups is 2. The Kier molecular flexibility index (Phi) is 6.61. The highest BCUT2D eigenvalue weighted by molar-refractivity contribution is 5.78. The quantitative estimate of drug-likeness (QED) is 0.621. The van der Waals surface area contributed by atoms with Crippen LogP contribution in [0.15, 0.2) is 0 Å². The first-order valence-electron chi connectivity index (χ1n) is 6.73. The predicted molar refractivity (Wildman–Crippen MR) is 70.6 cm³/mol. The molecule has 0 atom stereocenters. The lowest BCUT2D eigenvalue weighted by atomic mass is 10.3. The van der Waals surface area contributed by atoms with Crippen molar-refractivity contribution in [1.29, 1.82) is 0 Å². The van der Waals surface area contributed by atoms with E-state index in [2.05, 4.69) is 15.5 Å². The minimum Gasteiger partial charge on any atom is -0.466 e. The fourth-order valence-electron chi connectivity index (χ4n) is 1.74. The van der Waals surface area contributed by atoms with Crippen LogP contribution in [0.25, 0.3) is 0 Å². The second kappa shape index (κ2) is 8.23. The third-order valence-electron chi connectivity index (χ3n) is 2.75. The first-order chi connectivity index (χ1) is 9.58. The summed E-state index contributed by atoms with van der Waals surface area (Å²) in [7, 11) is 1.69. The van der Waals surface area contributed by atoms with Crippen molar-refractivity contribution in [2.45, 2.75) is 33.1 Å². The van der Waals surface area contributed by atoms with Crippen molar-refractivity contribution in [2.24, 2.45) is 7.05 Å². The first kappa shape index (κ1) is 16.1. The fraction of sp³-hybridized carbons (Fsp3) is 0.750. The van der Waals surface area contributed by atoms with Gasteiger partial charge in [0, 0.05) is 20.1 Å². The Morgan fingerprint density at radius 3 is 2.60 bits per heavy atom. The van der Waals surface area contributed by atoms with Crippen molar-refractivity contribution in [1.82, 2.24) is 25.1 Å². The average molecular weight is 283 g/mol. The monoisotopic (exact) mass is 283 g/mol. The van der Waals surface area contributed by atoms with E-state index >= 15 is 0 Å². The highest BCUT2D eigenvalue weighted by Crippen LogP contribution is 2.02. The SMILES string of the molecule is CCCN(CCC(=O)OCC)C(=O)Cc1nnnn1C. The molecule has 8 nitrogen and oxygen atoms in total. The molecule has 1 aromatic rings. The lowest BCUT2D eigenvalue weighted by Gasteiger charge is -2.21. The van der Waals surface area contributed by atoms with Crippen LogP contribution in [-0.4, -0.2) is 56.7 Å². The highest BCUT2D eigenvalue weighted by atomic mass is 16.5. The van der Waals surface area contributed by atoms with Gasteiger partial charge in [-0.05, 0) is 23.8 Å². The van der Waals surface area contributed by atoms with Gasteiger partial charge >= 0.3 is 5.97 Å². The Morgan fingerprint density at radius 2 is 2.05 bits per heavy atom. The highest BCUT2D eigenvalue weighted by Gasteiger charge is 2.17. The van der Waals surface area contributed by atoms with E-state index in [4.69, 9.17) is 4.74 Å². The Labute approximate surface area is 118 Å². The number of carbonyl (C=O) groups excluding carboxylic acids is 2. The lowest BCUT2D eigenvalue weighted by molar-refractivity contribution is -0.144. The van der Waals surface area contributed by atoms with Crippen LogP contribution >= 0.6 is 0 Å². The van der Waals surface area contributed by atoms with Gasteiger partial charge in [-0.25, -0.2) is 4.68 Å². The molecule has 1 heterocycles. The summed E-state index contributed by atoms with van der Waals surface area (Å²) in [6.07, 6.45) is 1.16. The van der Waals surface area contributed by atoms with Gasteiger partial charge in [0.05, 0.1) is 19.4 Å². The van der Waals surface area contributed by atoms with Gasteiger partial charge in [0.1, 0.15) is 0 Å². The molecule has 20 heavy (non-hydrogen) atoms. The molecule has 0 N–H and O–H groups in total. The van der Waals surface area contributed by atoms with Gasteiger partial charge in [0.2, 0.25) is 5.91 Å². The molecule has 0 saturated carbocycles. The summed E-state index contributed by atoms with van der Waals surface area (Å²) in [5, 5.41) is 11.0. The Bertz CT molecular complexity index is 446. The van der Waals surface area contributed by atoms with Gasteiger partial charge in [0.25, 0.3) is 0 Å². The Morgan fingerprint density at radius 1 is 1.30 bits per heavy atom. The molecule has 1 aromatic heterocycles. The Hall–Kier alpha value is -1.99. The zero-order valence-electron chi connectivity index (χ0n) is 12.2. The molecule has 1 rings (SSSR count). The van der Waals surface area contributed by atoms with E-state index in [1.807, 2.05) is 6.92 Å². The van der Waals surface area contributed by atoms with Crippen LogP contribution in [0, 0.1) is 0 Å². The minimum atomic E-state index is -0.290. The number of amides is 1. The number of tetrazole rings is 1. The molecule has 0 spiro atoms. The average Bonchev–Trinajstić information content (AvgIpc) is 2.80. The maximum atomic E-state index is 12.2. The van der Waals surface area contributed by atoms with E-state index in [-0.39, 0.29) is 24.7 Å². The van der Waals surface area contributed by atoms with Crippen LogP contribution in [0.1, 0.15) is 32.5 Å². The molecule has 0 aromatic carbocycles. The summed E-state index contributed by atoms with van der Waals surface area (Å²) in [4.78, 5) is 25.2. The molecular formula is C12H21N5O3. The number of ether oxygens (including phenoxy) is 1. The summed E-state index contributed by atoms with van der Waals surface area (Å²) >= 11 is 0. The van der Waals surface area contributed by atoms with E-state index in [0.29, 0.717) is 25.5 Å². The largest absolute Gasteiger partial charge is 0.466 e. The molecule has 1 amide bonds. The van der Waals surface area contributed by atoms with E-state index < -0.39 is 0 Å². The van der Waals surface area contributed by atoms with E-state index in [9.17, 15) is 9.59 Å². The molecule has 0 saturated heterocycles. The molecular weight excluding hydrogens is 262 g/mol. The molecule has 0 bridgehead atoms. The van der Waals surface area contributed by atoms with Gasteiger partial charge in [-0.15, -0.1) is 5.10 Å². The molecule has 0 aliphatic carbocycles. The Balaban J connectivity index is 2.54. The third-order valence-corrected chi connectivity index (χ3v) is 2.75. The van der Waals surface area contributed by atoms with Crippen LogP contribution in [0.4, 0.5) is 0 Å². The second-order valence-corrected chi connectivity index (χ2v) is 4.33. The molecule has 0 aliphatic rings. The van der Waals surface area contributed by atoms with E-state index in [0.717, 1.165) is 6.42 Å². The number of rotatable bonds is 8. The summed E-state index contributed by atoms with van der Waals surface area (Å²) in [6.45, 7) is 5.05. The molecule has 0 fully saturated rings. The van der Waals surface area contributed by atoms with Crippen LogP contribution in [0.5, 0.6) is 0 Å². The van der Waals surface area contributed by atoms with E-state index in [1.54, 1.807) is 18.9 Å². The van der Waals surface area contributed by atoms with Crippen LogP contribution in [0.3, 0.4) is 0 Å². The topological polar surface area (TPSA) is 90.2 Å². The smallest absolute Gasteiger partial charge is 0.307 e. The minimum absolute atomic E-state index is 0.0888.